The van der Waals surface area contributed by atoms with E-state index in [1.165, 1.54) is 6.26 Å². The van der Waals surface area contributed by atoms with Gasteiger partial charge in [0.1, 0.15) is 6.61 Å². The molecule has 3 aromatic rings. The van der Waals surface area contributed by atoms with Gasteiger partial charge in [0.05, 0.1) is 10.8 Å². The first-order valence-electron chi connectivity index (χ1n) is 8.47. The first-order valence-corrected chi connectivity index (χ1v) is 10.0. The van der Waals surface area contributed by atoms with Gasteiger partial charge in [-0.05, 0) is 22.8 Å². The van der Waals surface area contributed by atoms with Gasteiger partial charge in [-0.25, -0.2) is 4.79 Å². The molecule has 3 aromatic carbocycles. The Morgan fingerprint density at radius 3 is 2.22 bits per heavy atom. The van der Waals surface area contributed by atoms with Crippen molar-refractivity contribution in [2.24, 2.45) is 0 Å². The summed E-state index contributed by atoms with van der Waals surface area (Å²) in [5, 5.41) is 10.4. The first-order chi connectivity index (χ1) is 13.1. The van der Waals surface area contributed by atoms with Crippen LogP contribution in [0.5, 0.6) is 0 Å². The van der Waals surface area contributed by atoms with Gasteiger partial charge in [-0.3, -0.25) is 4.21 Å². The third-order valence-corrected chi connectivity index (χ3v) is 5.15. The van der Waals surface area contributed by atoms with Gasteiger partial charge >= 0.3 is 5.97 Å². The molecule has 0 aliphatic carbocycles. The highest BCUT2D eigenvalue weighted by Crippen LogP contribution is 2.28. The predicted molar refractivity (Wildman–Crippen MR) is 105 cm³/mol. The molecule has 0 bridgehead atoms. The summed E-state index contributed by atoms with van der Waals surface area (Å²) >= 11 is 0. The van der Waals surface area contributed by atoms with E-state index in [0.29, 0.717) is 10.5 Å². The SMILES string of the molecule is CS(=O)c1cc(-c2ccccc2)ccc1C(O)C(=O)OCc1ccccc1. The van der Waals surface area contributed by atoms with Crippen molar-refractivity contribution >= 4 is 16.8 Å². The number of benzene rings is 3. The molecule has 2 atom stereocenters. The van der Waals surface area contributed by atoms with Crippen LogP contribution in [-0.4, -0.2) is 21.5 Å². The summed E-state index contributed by atoms with van der Waals surface area (Å²) in [4.78, 5) is 12.7. The van der Waals surface area contributed by atoms with E-state index in [9.17, 15) is 14.1 Å². The fourth-order valence-electron chi connectivity index (χ4n) is 2.75. The minimum absolute atomic E-state index is 0.0728. The van der Waals surface area contributed by atoms with Crippen LogP contribution in [0.2, 0.25) is 0 Å². The summed E-state index contributed by atoms with van der Waals surface area (Å²) in [6.45, 7) is 0.0728. The van der Waals surface area contributed by atoms with Gasteiger partial charge in [-0.1, -0.05) is 72.8 Å². The monoisotopic (exact) mass is 380 g/mol. The quantitative estimate of drug-likeness (QED) is 0.660. The Hall–Kier alpha value is -2.76. The van der Waals surface area contributed by atoms with Crippen LogP contribution in [0.1, 0.15) is 17.2 Å². The van der Waals surface area contributed by atoms with E-state index in [0.717, 1.165) is 16.7 Å². The number of hydrogen-bond acceptors (Lipinski definition) is 4. The lowest BCUT2D eigenvalue weighted by Crippen LogP contribution is -2.17. The Labute approximate surface area is 160 Å². The van der Waals surface area contributed by atoms with Crippen LogP contribution < -0.4 is 0 Å². The maximum Gasteiger partial charge on any atom is 0.340 e. The lowest BCUT2D eigenvalue weighted by Gasteiger charge is -2.15. The molecule has 0 aromatic heterocycles. The highest BCUT2D eigenvalue weighted by molar-refractivity contribution is 7.84. The third-order valence-electron chi connectivity index (χ3n) is 4.17. The van der Waals surface area contributed by atoms with Crippen LogP contribution in [0.15, 0.2) is 83.8 Å². The fraction of sp³-hybridized carbons (Fsp3) is 0.136. The molecule has 3 rings (SSSR count). The molecule has 0 amide bonds. The highest BCUT2D eigenvalue weighted by atomic mass is 32.2. The van der Waals surface area contributed by atoms with E-state index in [-0.39, 0.29) is 6.61 Å². The molecule has 0 aliphatic rings. The highest BCUT2D eigenvalue weighted by Gasteiger charge is 2.24. The van der Waals surface area contributed by atoms with Gasteiger partial charge in [-0.2, -0.15) is 0 Å². The smallest absolute Gasteiger partial charge is 0.340 e. The standard InChI is InChI=1S/C22H20O4S/c1-27(25)20-14-18(17-10-6-3-7-11-17)12-13-19(20)21(23)22(24)26-15-16-8-4-2-5-9-16/h2-14,21,23H,15H2,1H3. The van der Waals surface area contributed by atoms with Crippen molar-refractivity contribution in [3.8, 4) is 11.1 Å². The van der Waals surface area contributed by atoms with E-state index >= 15 is 0 Å². The number of rotatable bonds is 6. The number of ether oxygens (including phenoxy) is 1. The number of esters is 1. The van der Waals surface area contributed by atoms with Crippen molar-refractivity contribution < 1.29 is 18.8 Å². The van der Waals surface area contributed by atoms with Crippen molar-refractivity contribution in [1.82, 2.24) is 0 Å². The van der Waals surface area contributed by atoms with E-state index in [2.05, 4.69) is 0 Å². The van der Waals surface area contributed by atoms with Gasteiger partial charge in [0, 0.05) is 16.7 Å². The number of carbonyl (C=O) groups excluding carboxylic acids is 1. The van der Waals surface area contributed by atoms with Crippen LogP contribution in [0, 0.1) is 0 Å². The van der Waals surface area contributed by atoms with Crippen LogP contribution in [0.3, 0.4) is 0 Å². The second-order valence-corrected chi connectivity index (χ2v) is 7.42. The molecule has 5 heteroatoms. The number of aliphatic hydroxyl groups excluding tert-OH is 1. The molecular weight excluding hydrogens is 360 g/mol. The maximum absolute atomic E-state index is 12.3. The van der Waals surface area contributed by atoms with E-state index < -0.39 is 22.9 Å². The van der Waals surface area contributed by atoms with E-state index in [1.807, 2.05) is 60.7 Å². The molecule has 0 radical (unpaired) electrons. The second-order valence-electron chi connectivity index (χ2n) is 6.07. The lowest BCUT2D eigenvalue weighted by molar-refractivity contribution is -0.155. The van der Waals surface area contributed by atoms with Gasteiger partial charge < -0.3 is 9.84 Å². The van der Waals surface area contributed by atoms with Gasteiger partial charge in [0.15, 0.2) is 6.10 Å². The topological polar surface area (TPSA) is 63.6 Å². The van der Waals surface area contributed by atoms with Crippen molar-refractivity contribution in [3.63, 3.8) is 0 Å². The zero-order valence-corrected chi connectivity index (χ0v) is 15.7. The Morgan fingerprint density at radius 2 is 1.59 bits per heavy atom. The molecule has 138 valence electrons. The first kappa shape index (κ1) is 19.0. The molecule has 0 saturated carbocycles. The molecule has 0 saturated heterocycles. The second kappa shape index (κ2) is 8.75. The van der Waals surface area contributed by atoms with Crippen LogP contribution in [-0.2, 0) is 26.9 Å². The van der Waals surface area contributed by atoms with Crippen molar-refractivity contribution in [1.29, 1.82) is 0 Å². The van der Waals surface area contributed by atoms with Crippen LogP contribution in [0.25, 0.3) is 11.1 Å². The summed E-state index contributed by atoms with van der Waals surface area (Å²) < 4.78 is 17.4. The fourth-order valence-corrected chi connectivity index (χ4v) is 3.56. The Balaban J connectivity index is 1.82. The zero-order valence-electron chi connectivity index (χ0n) is 14.9. The molecule has 2 unspecified atom stereocenters. The third kappa shape index (κ3) is 4.70. The van der Waals surface area contributed by atoms with Crippen LogP contribution >= 0.6 is 0 Å². The number of hydrogen-bond donors (Lipinski definition) is 1. The Bertz CT molecular complexity index is 939. The van der Waals surface area contributed by atoms with E-state index in [1.54, 1.807) is 18.2 Å². The van der Waals surface area contributed by atoms with E-state index in [4.69, 9.17) is 4.74 Å². The summed E-state index contributed by atoms with van der Waals surface area (Å²) in [6, 6.07) is 24.1. The van der Waals surface area contributed by atoms with Crippen molar-refractivity contribution in [2.45, 2.75) is 17.6 Å². The molecule has 27 heavy (non-hydrogen) atoms. The largest absolute Gasteiger partial charge is 0.459 e. The molecule has 0 aliphatic heterocycles. The molecule has 1 N–H and O–H groups in total. The predicted octanol–water partition coefficient (Wildman–Crippen LogP) is 3.87. The molecular formula is C22H20O4S. The molecule has 0 fully saturated rings. The average Bonchev–Trinajstić information content (AvgIpc) is 2.72. The van der Waals surface area contributed by atoms with Gasteiger partial charge in [0.25, 0.3) is 0 Å². The summed E-state index contributed by atoms with van der Waals surface area (Å²) in [5.74, 6) is -0.766. The lowest BCUT2D eigenvalue weighted by atomic mass is 10.0. The van der Waals surface area contributed by atoms with Gasteiger partial charge in [0.2, 0.25) is 0 Å². The van der Waals surface area contributed by atoms with Crippen LogP contribution in [0.4, 0.5) is 0 Å². The molecule has 0 spiro atoms. The molecule has 0 heterocycles. The number of aliphatic hydroxyl groups is 1. The normalized spacial score (nSPS) is 13.0. The van der Waals surface area contributed by atoms with Crippen molar-refractivity contribution in [3.05, 3.63) is 90.0 Å². The summed E-state index contributed by atoms with van der Waals surface area (Å²) in [6.07, 6.45) is 0.0350. The minimum atomic E-state index is -1.49. The zero-order chi connectivity index (χ0) is 19.2. The maximum atomic E-state index is 12.3. The van der Waals surface area contributed by atoms with Gasteiger partial charge in [-0.15, -0.1) is 0 Å². The van der Waals surface area contributed by atoms with Crippen molar-refractivity contribution in [2.75, 3.05) is 6.26 Å². The Kier molecular flexibility index (Phi) is 6.16. The minimum Gasteiger partial charge on any atom is -0.459 e. The summed E-state index contributed by atoms with van der Waals surface area (Å²) in [7, 11) is -1.37. The molecule has 4 nitrogen and oxygen atoms in total. The number of carbonyl (C=O) groups is 1. The average molecular weight is 380 g/mol. The Morgan fingerprint density at radius 1 is 0.963 bits per heavy atom. The summed E-state index contributed by atoms with van der Waals surface area (Å²) in [5.41, 5.74) is 2.97.